The summed E-state index contributed by atoms with van der Waals surface area (Å²) in [5.74, 6) is -0.477. The van der Waals surface area contributed by atoms with Crippen LogP contribution in [-0.4, -0.2) is 41.4 Å². The minimum atomic E-state index is -0.763. The molecule has 1 spiro atoms. The van der Waals surface area contributed by atoms with Gasteiger partial charge in [0, 0.05) is 6.54 Å². The Morgan fingerprint density at radius 1 is 1.12 bits per heavy atom. The third-order valence-electron chi connectivity index (χ3n) is 5.66. The zero-order valence-corrected chi connectivity index (χ0v) is 14.9. The maximum absolute atomic E-state index is 12.8. The van der Waals surface area contributed by atoms with E-state index in [1.807, 2.05) is 0 Å². The molecule has 0 aromatic carbocycles. The average Bonchev–Trinajstić information content (AvgIpc) is 2.77. The van der Waals surface area contributed by atoms with Gasteiger partial charge in [0.05, 0.1) is 0 Å². The predicted molar refractivity (Wildman–Crippen MR) is 94.9 cm³/mol. The quantitative estimate of drug-likeness (QED) is 0.593. The van der Waals surface area contributed by atoms with Gasteiger partial charge in [-0.2, -0.15) is 0 Å². The van der Waals surface area contributed by atoms with Gasteiger partial charge in [-0.15, -0.1) is 0 Å². The number of imide groups is 1. The fourth-order valence-electron chi connectivity index (χ4n) is 4.18. The lowest BCUT2D eigenvalue weighted by atomic mass is 9.90. The summed E-state index contributed by atoms with van der Waals surface area (Å²) in [6, 6.07) is -0.419. The van der Waals surface area contributed by atoms with Crippen LogP contribution in [-0.2, 0) is 9.59 Å². The molecule has 3 aliphatic rings. The van der Waals surface area contributed by atoms with Crippen molar-refractivity contribution in [2.24, 2.45) is 0 Å². The summed E-state index contributed by atoms with van der Waals surface area (Å²) in [5, 5.41) is 5.72. The van der Waals surface area contributed by atoms with Gasteiger partial charge in [0.25, 0.3) is 5.91 Å². The van der Waals surface area contributed by atoms with Crippen molar-refractivity contribution < 1.29 is 14.4 Å². The van der Waals surface area contributed by atoms with Crippen LogP contribution in [0, 0.1) is 0 Å². The third kappa shape index (κ3) is 4.22. The van der Waals surface area contributed by atoms with E-state index in [0.717, 1.165) is 49.8 Å². The molecule has 1 heterocycles. The van der Waals surface area contributed by atoms with Crippen molar-refractivity contribution in [3.8, 4) is 0 Å². The van der Waals surface area contributed by atoms with E-state index in [4.69, 9.17) is 0 Å². The first-order valence-corrected chi connectivity index (χ1v) is 9.69. The second-order valence-corrected chi connectivity index (χ2v) is 7.53. The molecular formula is C19H29N3O3. The number of carbonyl (C=O) groups excluding carboxylic acids is 3. The van der Waals surface area contributed by atoms with Crippen molar-refractivity contribution in [1.29, 1.82) is 0 Å². The highest BCUT2D eigenvalue weighted by Crippen LogP contribution is 2.32. The normalized spacial score (nSPS) is 23.2. The smallest absolute Gasteiger partial charge is 0.325 e. The molecule has 2 fully saturated rings. The summed E-state index contributed by atoms with van der Waals surface area (Å²) in [4.78, 5) is 38.3. The zero-order valence-electron chi connectivity index (χ0n) is 14.9. The van der Waals surface area contributed by atoms with E-state index >= 15 is 0 Å². The van der Waals surface area contributed by atoms with Crippen LogP contribution in [0.1, 0.15) is 70.6 Å². The predicted octanol–water partition coefficient (Wildman–Crippen LogP) is 2.64. The molecule has 6 nitrogen and oxygen atoms in total. The fourth-order valence-corrected chi connectivity index (χ4v) is 4.18. The Hall–Kier alpha value is -1.85. The number of hydrogen-bond acceptors (Lipinski definition) is 3. The molecule has 3 rings (SSSR count). The number of rotatable bonds is 5. The Kier molecular flexibility index (Phi) is 5.76. The van der Waals surface area contributed by atoms with Crippen molar-refractivity contribution in [1.82, 2.24) is 15.5 Å². The standard InChI is InChI=1S/C19H29N3O3/c23-16(20-13-10-15-8-4-3-5-9-15)14-22-17(24)19(21-18(22)25)11-6-1-2-7-12-19/h8H,1-7,9-14H2,(H,20,23)(H,21,25). The van der Waals surface area contributed by atoms with Crippen molar-refractivity contribution in [2.45, 2.75) is 76.2 Å². The molecule has 0 aromatic rings. The molecule has 2 N–H and O–H groups in total. The van der Waals surface area contributed by atoms with E-state index in [1.165, 1.54) is 18.4 Å². The topological polar surface area (TPSA) is 78.5 Å². The Morgan fingerprint density at radius 3 is 2.56 bits per heavy atom. The summed E-state index contributed by atoms with van der Waals surface area (Å²) in [6.45, 7) is 0.394. The molecule has 0 atom stereocenters. The van der Waals surface area contributed by atoms with Crippen molar-refractivity contribution in [2.75, 3.05) is 13.1 Å². The molecule has 1 aliphatic heterocycles. The third-order valence-corrected chi connectivity index (χ3v) is 5.66. The Bertz CT molecular complexity index is 562. The summed E-state index contributed by atoms with van der Waals surface area (Å²) < 4.78 is 0. The molecule has 0 bridgehead atoms. The van der Waals surface area contributed by atoms with Crippen LogP contribution in [0.3, 0.4) is 0 Å². The molecule has 138 valence electrons. The Labute approximate surface area is 149 Å². The lowest BCUT2D eigenvalue weighted by molar-refractivity contribution is -0.135. The van der Waals surface area contributed by atoms with E-state index in [9.17, 15) is 14.4 Å². The monoisotopic (exact) mass is 347 g/mol. The number of amides is 4. The van der Waals surface area contributed by atoms with Gasteiger partial charge in [0.15, 0.2) is 0 Å². The van der Waals surface area contributed by atoms with Crippen LogP contribution in [0.4, 0.5) is 4.79 Å². The largest absolute Gasteiger partial charge is 0.354 e. The molecule has 0 radical (unpaired) electrons. The van der Waals surface area contributed by atoms with E-state index < -0.39 is 11.6 Å². The number of allylic oxidation sites excluding steroid dienone is 1. The lowest BCUT2D eigenvalue weighted by Gasteiger charge is -2.24. The van der Waals surface area contributed by atoms with Gasteiger partial charge in [-0.05, 0) is 44.9 Å². The van der Waals surface area contributed by atoms with Crippen LogP contribution >= 0.6 is 0 Å². The highest BCUT2D eigenvalue weighted by Gasteiger charge is 2.50. The van der Waals surface area contributed by atoms with E-state index in [1.54, 1.807) is 0 Å². The van der Waals surface area contributed by atoms with Crippen molar-refractivity contribution in [3.05, 3.63) is 11.6 Å². The van der Waals surface area contributed by atoms with Crippen LogP contribution in [0.25, 0.3) is 0 Å². The number of nitrogens with one attached hydrogen (secondary N) is 2. The number of nitrogens with zero attached hydrogens (tertiary/aromatic N) is 1. The van der Waals surface area contributed by atoms with Gasteiger partial charge >= 0.3 is 6.03 Å². The first kappa shape index (κ1) is 18.0. The maximum atomic E-state index is 12.8. The summed E-state index contributed by atoms with van der Waals surface area (Å²) in [6.07, 6.45) is 13.3. The molecule has 6 heteroatoms. The summed E-state index contributed by atoms with van der Waals surface area (Å²) in [7, 11) is 0. The summed E-state index contributed by atoms with van der Waals surface area (Å²) >= 11 is 0. The second-order valence-electron chi connectivity index (χ2n) is 7.53. The van der Waals surface area contributed by atoms with Gasteiger partial charge < -0.3 is 10.6 Å². The number of urea groups is 1. The average molecular weight is 347 g/mol. The van der Waals surface area contributed by atoms with E-state index in [2.05, 4.69) is 16.7 Å². The van der Waals surface area contributed by atoms with Crippen molar-refractivity contribution >= 4 is 17.8 Å². The van der Waals surface area contributed by atoms with Gasteiger partial charge in [-0.3, -0.25) is 14.5 Å². The molecule has 0 unspecified atom stereocenters. The summed E-state index contributed by atoms with van der Waals surface area (Å²) in [5.41, 5.74) is 0.639. The lowest BCUT2D eigenvalue weighted by Crippen LogP contribution is -2.47. The Balaban J connectivity index is 1.49. The molecule has 1 saturated heterocycles. The highest BCUT2D eigenvalue weighted by molar-refractivity contribution is 6.09. The Morgan fingerprint density at radius 2 is 1.88 bits per heavy atom. The van der Waals surface area contributed by atoms with Gasteiger partial charge in [0.1, 0.15) is 12.1 Å². The fraction of sp³-hybridized carbons (Fsp3) is 0.737. The van der Waals surface area contributed by atoms with Crippen LogP contribution in [0.15, 0.2) is 11.6 Å². The highest BCUT2D eigenvalue weighted by atomic mass is 16.2. The number of carbonyl (C=O) groups is 3. The first-order chi connectivity index (χ1) is 12.1. The molecular weight excluding hydrogens is 318 g/mol. The van der Waals surface area contributed by atoms with Gasteiger partial charge in [0.2, 0.25) is 5.91 Å². The SMILES string of the molecule is O=C(CN1C(=O)NC2(CCCCCC2)C1=O)NCCC1=CCCCC1. The molecule has 4 amide bonds. The van der Waals surface area contributed by atoms with Crippen LogP contribution in [0.5, 0.6) is 0 Å². The molecule has 25 heavy (non-hydrogen) atoms. The second kappa shape index (κ2) is 8.02. The van der Waals surface area contributed by atoms with Crippen molar-refractivity contribution in [3.63, 3.8) is 0 Å². The first-order valence-electron chi connectivity index (χ1n) is 9.69. The van der Waals surface area contributed by atoms with E-state index in [0.29, 0.717) is 19.4 Å². The molecule has 1 saturated carbocycles. The van der Waals surface area contributed by atoms with Crippen LogP contribution in [0.2, 0.25) is 0 Å². The van der Waals surface area contributed by atoms with E-state index in [-0.39, 0.29) is 18.4 Å². The number of hydrogen-bond donors (Lipinski definition) is 2. The molecule has 2 aliphatic carbocycles. The minimum absolute atomic E-state index is 0.175. The van der Waals surface area contributed by atoms with Gasteiger partial charge in [-0.25, -0.2) is 4.79 Å². The molecule has 0 aromatic heterocycles. The van der Waals surface area contributed by atoms with Gasteiger partial charge in [-0.1, -0.05) is 37.3 Å². The zero-order chi connectivity index (χ0) is 17.7. The van der Waals surface area contributed by atoms with Crippen LogP contribution < -0.4 is 10.6 Å². The minimum Gasteiger partial charge on any atom is -0.354 e. The maximum Gasteiger partial charge on any atom is 0.325 e.